The van der Waals surface area contributed by atoms with Gasteiger partial charge >= 0.3 is 5.97 Å². The Morgan fingerprint density at radius 1 is 1.42 bits per heavy atom. The monoisotopic (exact) mass is 290 g/mol. The molecule has 1 aromatic rings. The first-order valence-corrected chi connectivity index (χ1v) is 6.38. The fraction of sp³-hybridized carbons (Fsp3) is 0.222. The quantitative estimate of drug-likeness (QED) is 0.464. The first-order chi connectivity index (χ1) is 8.75. The highest BCUT2D eigenvalue weighted by Crippen LogP contribution is 2.22. The number of carboxylic acid groups (broad SMARTS) is 1. The van der Waals surface area contributed by atoms with E-state index in [1.165, 1.54) is 12.1 Å². The van der Waals surface area contributed by atoms with Crippen molar-refractivity contribution in [3.8, 4) is 0 Å². The molecule has 104 valence electrons. The number of hydrogen-bond acceptors (Lipinski definition) is 6. The summed E-state index contributed by atoms with van der Waals surface area (Å²) >= 11 is 0. The molecular formula is C9H10N2O7S. The molecule has 1 atom stereocenters. The van der Waals surface area contributed by atoms with Crippen molar-refractivity contribution in [2.45, 2.75) is 11.0 Å². The smallest absolute Gasteiger partial charge is 0.333 e. The molecule has 0 saturated heterocycles. The summed E-state index contributed by atoms with van der Waals surface area (Å²) in [4.78, 5) is 19.5. The number of nitro benzene ring substituents is 1. The fourth-order valence-corrected chi connectivity index (χ4v) is 2.40. The van der Waals surface area contributed by atoms with Gasteiger partial charge in [0.05, 0.1) is 4.92 Å². The summed E-state index contributed by atoms with van der Waals surface area (Å²) < 4.78 is 25.3. The number of rotatable bonds is 6. The molecule has 0 aliphatic heterocycles. The van der Waals surface area contributed by atoms with Crippen molar-refractivity contribution in [1.82, 2.24) is 4.72 Å². The second-order valence-electron chi connectivity index (χ2n) is 3.43. The molecule has 0 spiro atoms. The lowest BCUT2D eigenvalue weighted by Crippen LogP contribution is -2.36. The number of carboxylic acids is 1. The number of nitrogens with one attached hydrogen (secondary N) is 1. The number of hydrogen-bond donors (Lipinski definition) is 3. The number of nitrogens with zero attached hydrogens (tertiary/aromatic N) is 1. The minimum atomic E-state index is -4.28. The molecule has 0 saturated carbocycles. The molecule has 1 aromatic carbocycles. The first-order valence-electron chi connectivity index (χ1n) is 4.89. The van der Waals surface area contributed by atoms with Crippen LogP contribution in [0.25, 0.3) is 0 Å². The Kier molecular flexibility index (Phi) is 4.53. The lowest BCUT2D eigenvalue weighted by Gasteiger charge is -2.08. The minimum absolute atomic E-state index is 0.599. The second kappa shape index (κ2) is 5.73. The molecule has 0 amide bonds. The molecule has 0 aromatic heterocycles. The van der Waals surface area contributed by atoms with Gasteiger partial charge in [0.2, 0.25) is 10.0 Å². The second-order valence-corrected chi connectivity index (χ2v) is 5.17. The molecular weight excluding hydrogens is 280 g/mol. The maximum Gasteiger partial charge on any atom is 0.333 e. The van der Waals surface area contributed by atoms with Crippen LogP contribution >= 0.6 is 0 Å². The van der Waals surface area contributed by atoms with E-state index >= 15 is 0 Å². The Balaban J connectivity index is 3.01. The van der Waals surface area contributed by atoms with E-state index < -0.39 is 44.1 Å². The largest absolute Gasteiger partial charge is 0.479 e. The summed E-state index contributed by atoms with van der Waals surface area (Å²) in [6.07, 6.45) is -1.93. The number of aliphatic carboxylic acids is 1. The number of aliphatic hydroxyl groups is 1. The summed E-state index contributed by atoms with van der Waals surface area (Å²) in [6.45, 7) is -0.788. The molecule has 0 aliphatic carbocycles. The van der Waals surface area contributed by atoms with Crippen LogP contribution in [0.2, 0.25) is 0 Å². The third-order valence-electron chi connectivity index (χ3n) is 2.10. The van der Waals surface area contributed by atoms with Crippen molar-refractivity contribution >= 4 is 21.7 Å². The van der Waals surface area contributed by atoms with E-state index in [9.17, 15) is 23.3 Å². The third-order valence-corrected chi connectivity index (χ3v) is 3.57. The van der Waals surface area contributed by atoms with Crippen LogP contribution in [0.4, 0.5) is 5.69 Å². The van der Waals surface area contributed by atoms with Crippen molar-refractivity contribution in [3.05, 3.63) is 34.4 Å². The van der Waals surface area contributed by atoms with Gasteiger partial charge in [0, 0.05) is 12.6 Å². The summed E-state index contributed by atoms with van der Waals surface area (Å²) in [5.74, 6) is -1.61. The number of para-hydroxylation sites is 1. The van der Waals surface area contributed by atoms with E-state index in [1.807, 2.05) is 0 Å². The van der Waals surface area contributed by atoms with E-state index in [0.29, 0.717) is 0 Å². The molecule has 0 bridgehead atoms. The number of nitro groups is 1. The van der Waals surface area contributed by atoms with E-state index in [1.54, 1.807) is 4.72 Å². The molecule has 3 N–H and O–H groups in total. The van der Waals surface area contributed by atoms with E-state index in [4.69, 9.17) is 10.2 Å². The number of benzene rings is 1. The highest BCUT2D eigenvalue weighted by Gasteiger charge is 2.26. The van der Waals surface area contributed by atoms with Crippen LogP contribution in [0.3, 0.4) is 0 Å². The SMILES string of the molecule is O=C(O)[C@@H](O)CNS(=O)(=O)c1ccccc1[N+](=O)[O-]. The standard InChI is InChI=1S/C9H10N2O7S/c12-7(9(13)14)5-10-19(17,18)8-4-2-1-3-6(8)11(15)16/h1-4,7,10,12H,5H2,(H,13,14)/t7-/m0/s1. The minimum Gasteiger partial charge on any atom is -0.479 e. The van der Waals surface area contributed by atoms with Gasteiger partial charge in [-0.2, -0.15) is 0 Å². The predicted molar refractivity (Wildman–Crippen MR) is 61.9 cm³/mol. The Morgan fingerprint density at radius 3 is 2.53 bits per heavy atom. The van der Waals surface area contributed by atoms with E-state index in [0.717, 1.165) is 12.1 Å². The number of aliphatic hydroxyl groups excluding tert-OH is 1. The topological polar surface area (TPSA) is 147 Å². The molecule has 0 fully saturated rings. The molecule has 0 aliphatic rings. The normalized spacial score (nSPS) is 12.9. The van der Waals surface area contributed by atoms with Crippen LogP contribution in [-0.2, 0) is 14.8 Å². The van der Waals surface area contributed by atoms with Crippen LogP contribution < -0.4 is 4.72 Å². The molecule has 0 unspecified atom stereocenters. The summed E-state index contributed by atoms with van der Waals surface area (Å²) in [7, 11) is -4.28. The van der Waals surface area contributed by atoms with Gasteiger partial charge in [0.25, 0.3) is 5.69 Å². The Morgan fingerprint density at radius 2 is 2.00 bits per heavy atom. The average molecular weight is 290 g/mol. The van der Waals surface area contributed by atoms with Gasteiger partial charge in [0.15, 0.2) is 11.0 Å². The summed E-state index contributed by atoms with van der Waals surface area (Å²) in [5.41, 5.74) is -0.639. The lowest BCUT2D eigenvalue weighted by molar-refractivity contribution is -0.387. The van der Waals surface area contributed by atoms with Crippen LogP contribution in [0.5, 0.6) is 0 Å². The van der Waals surface area contributed by atoms with Crippen LogP contribution in [0.15, 0.2) is 29.2 Å². The molecule has 9 nitrogen and oxygen atoms in total. The summed E-state index contributed by atoms with van der Waals surface area (Å²) in [6, 6.07) is 4.59. The highest BCUT2D eigenvalue weighted by molar-refractivity contribution is 7.89. The van der Waals surface area contributed by atoms with Gasteiger partial charge in [-0.3, -0.25) is 10.1 Å². The Bertz CT molecular complexity index is 598. The first kappa shape index (κ1) is 15.0. The zero-order valence-electron chi connectivity index (χ0n) is 9.38. The van der Waals surface area contributed by atoms with E-state index in [-0.39, 0.29) is 0 Å². The van der Waals surface area contributed by atoms with Crippen LogP contribution in [-0.4, -0.2) is 42.2 Å². The molecule has 0 heterocycles. The number of carbonyl (C=O) groups is 1. The highest BCUT2D eigenvalue weighted by atomic mass is 32.2. The fourth-order valence-electron chi connectivity index (χ4n) is 1.19. The van der Waals surface area contributed by atoms with Gasteiger partial charge in [-0.1, -0.05) is 12.1 Å². The van der Waals surface area contributed by atoms with E-state index in [2.05, 4.69) is 0 Å². The van der Waals surface area contributed by atoms with Gasteiger partial charge in [-0.25, -0.2) is 17.9 Å². The lowest BCUT2D eigenvalue weighted by atomic mass is 10.3. The van der Waals surface area contributed by atoms with Crippen molar-refractivity contribution in [3.63, 3.8) is 0 Å². The molecule has 1 rings (SSSR count). The van der Waals surface area contributed by atoms with Crippen LogP contribution in [0.1, 0.15) is 0 Å². The average Bonchev–Trinajstić information content (AvgIpc) is 2.35. The number of sulfonamides is 1. The maximum absolute atomic E-state index is 11.8. The molecule has 0 radical (unpaired) electrons. The van der Waals surface area contributed by atoms with Gasteiger partial charge in [-0.15, -0.1) is 0 Å². The van der Waals surface area contributed by atoms with Gasteiger partial charge < -0.3 is 10.2 Å². The van der Waals surface area contributed by atoms with Gasteiger partial charge in [0.1, 0.15) is 0 Å². The van der Waals surface area contributed by atoms with Crippen molar-refractivity contribution in [2.75, 3.05) is 6.54 Å². The zero-order valence-corrected chi connectivity index (χ0v) is 10.2. The Hall–Kier alpha value is -2.04. The molecule has 10 heteroatoms. The molecule has 19 heavy (non-hydrogen) atoms. The third kappa shape index (κ3) is 3.71. The Labute approximate surface area is 107 Å². The van der Waals surface area contributed by atoms with Crippen molar-refractivity contribution < 1.29 is 28.3 Å². The van der Waals surface area contributed by atoms with Gasteiger partial charge in [-0.05, 0) is 6.07 Å². The van der Waals surface area contributed by atoms with Crippen molar-refractivity contribution in [2.24, 2.45) is 0 Å². The summed E-state index contributed by atoms with van der Waals surface area (Å²) in [5, 5.41) is 28.0. The van der Waals surface area contributed by atoms with Crippen LogP contribution in [0, 0.1) is 10.1 Å². The van der Waals surface area contributed by atoms with Crippen molar-refractivity contribution in [1.29, 1.82) is 0 Å². The zero-order chi connectivity index (χ0) is 14.6. The predicted octanol–water partition coefficient (Wildman–Crippen LogP) is -0.681. The maximum atomic E-state index is 11.8.